The number of thioether (sulfide) groups is 1. The van der Waals surface area contributed by atoms with Crippen LogP contribution in [0, 0.1) is 23.0 Å². The van der Waals surface area contributed by atoms with Gasteiger partial charge in [0.05, 0.1) is 10.6 Å². The molecule has 1 saturated heterocycles. The summed E-state index contributed by atoms with van der Waals surface area (Å²) >= 11 is 1.76. The normalized spacial score (nSPS) is 19.6. The van der Waals surface area contributed by atoms with E-state index in [1.807, 2.05) is 6.92 Å². The number of nitrogens with zero attached hydrogens (tertiary/aromatic N) is 3. The quantitative estimate of drug-likeness (QED) is 0.600. The van der Waals surface area contributed by atoms with Gasteiger partial charge in [0.1, 0.15) is 0 Å². The van der Waals surface area contributed by atoms with E-state index in [9.17, 15) is 10.1 Å². The standard InChI is InChI=1S/C15H21N3O2S.ClH/c1-10(2)7-13-9-21-15(17(13)4)16-14-6-5-12(18(19)20)8-11(14)3;/h5-6,8,10,13H,7,9H2,1-4H3;1H/b16-15-;/t13-;/m1./s1. The Kier molecular flexibility index (Phi) is 6.68. The molecule has 1 atom stereocenters. The zero-order chi connectivity index (χ0) is 15.6. The maximum atomic E-state index is 10.8. The topological polar surface area (TPSA) is 58.7 Å². The summed E-state index contributed by atoms with van der Waals surface area (Å²) in [5.74, 6) is 1.72. The Bertz CT molecular complexity index is 578. The third-order valence-corrected chi connectivity index (χ3v) is 4.79. The summed E-state index contributed by atoms with van der Waals surface area (Å²) in [4.78, 5) is 17.3. The first-order valence-corrected chi connectivity index (χ1v) is 8.06. The summed E-state index contributed by atoms with van der Waals surface area (Å²) in [5, 5.41) is 11.8. The molecule has 7 heteroatoms. The molecule has 0 bridgehead atoms. The molecule has 22 heavy (non-hydrogen) atoms. The second-order valence-corrected chi connectivity index (χ2v) is 6.81. The van der Waals surface area contributed by atoms with Crippen LogP contribution in [0.2, 0.25) is 0 Å². The van der Waals surface area contributed by atoms with Gasteiger partial charge in [-0.25, -0.2) is 4.99 Å². The zero-order valence-corrected chi connectivity index (χ0v) is 14.9. The lowest BCUT2D eigenvalue weighted by molar-refractivity contribution is -0.384. The molecule has 1 aliphatic rings. The van der Waals surface area contributed by atoms with Gasteiger partial charge in [0, 0.05) is 31.0 Å². The minimum atomic E-state index is -0.376. The molecule has 0 spiro atoms. The molecule has 1 aliphatic heterocycles. The highest BCUT2D eigenvalue weighted by Gasteiger charge is 2.27. The van der Waals surface area contributed by atoms with Gasteiger partial charge in [-0.05, 0) is 30.9 Å². The first kappa shape index (κ1) is 18.8. The van der Waals surface area contributed by atoms with Gasteiger partial charge in [0.2, 0.25) is 0 Å². The number of hydrogen-bond donors (Lipinski definition) is 0. The van der Waals surface area contributed by atoms with E-state index in [-0.39, 0.29) is 23.0 Å². The molecule has 2 rings (SSSR count). The van der Waals surface area contributed by atoms with Crippen LogP contribution >= 0.6 is 24.2 Å². The minimum absolute atomic E-state index is 0. The van der Waals surface area contributed by atoms with Crippen LogP contribution in [0.4, 0.5) is 11.4 Å². The fourth-order valence-corrected chi connectivity index (χ4v) is 3.62. The SMILES string of the molecule is Cc1cc([N+](=O)[O-])ccc1/N=C1\SC[C@@H](CC(C)C)N1C.Cl. The van der Waals surface area contributed by atoms with Gasteiger partial charge in [-0.15, -0.1) is 12.4 Å². The molecule has 1 heterocycles. The molecule has 1 aromatic rings. The van der Waals surface area contributed by atoms with Crippen LogP contribution in [0.15, 0.2) is 23.2 Å². The summed E-state index contributed by atoms with van der Waals surface area (Å²) in [5.41, 5.74) is 1.75. The fourth-order valence-electron chi connectivity index (χ4n) is 2.40. The molecule has 0 aliphatic carbocycles. The van der Waals surface area contributed by atoms with Crippen molar-refractivity contribution in [2.75, 3.05) is 12.8 Å². The highest BCUT2D eigenvalue weighted by molar-refractivity contribution is 8.14. The van der Waals surface area contributed by atoms with Crippen molar-refractivity contribution >= 4 is 40.7 Å². The van der Waals surface area contributed by atoms with E-state index in [1.165, 1.54) is 6.07 Å². The molecule has 0 N–H and O–H groups in total. The number of aliphatic imine (C=N–C) groups is 1. The van der Waals surface area contributed by atoms with Crippen LogP contribution in [0.1, 0.15) is 25.8 Å². The van der Waals surface area contributed by atoms with E-state index in [2.05, 4.69) is 30.8 Å². The van der Waals surface area contributed by atoms with Gasteiger partial charge in [-0.3, -0.25) is 10.1 Å². The molecule has 1 aromatic carbocycles. The first-order valence-electron chi connectivity index (χ1n) is 7.08. The Labute approximate surface area is 141 Å². The number of hydrogen-bond acceptors (Lipinski definition) is 4. The van der Waals surface area contributed by atoms with Crippen molar-refractivity contribution in [2.24, 2.45) is 10.9 Å². The molecule has 0 saturated carbocycles. The Morgan fingerprint density at radius 3 is 2.73 bits per heavy atom. The van der Waals surface area contributed by atoms with Gasteiger partial charge >= 0.3 is 0 Å². The van der Waals surface area contributed by atoms with Gasteiger partial charge in [-0.1, -0.05) is 25.6 Å². The van der Waals surface area contributed by atoms with Crippen molar-refractivity contribution in [2.45, 2.75) is 33.2 Å². The molecular weight excluding hydrogens is 322 g/mol. The number of aryl methyl sites for hydroxylation is 1. The number of non-ortho nitro benzene ring substituents is 1. The van der Waals surface area contributed by atoms with Crippen LogP contribution < -0.4 is 0 Å². The fraction of sp³-hybridized carbons (Fsp3) is 0.533. The van der Waals surface area contributed by atoms with Crippen LogP contribution in [-0.2, 0) is 0 Å². The van der Waals surface area contributed by atoms with Gasteiger partial charge in [0.15, 0.2) is 5.17 Å². The second kappa shape index (κ2) is 7.83. The Balaban J connectivity index is 0.00000242. The third kappa shape index (κ3) is 4.36. The number of nitro benzene ring substituents is 1. The Hall–Kier alpha value is -1.27. The lowest BCUT2D eigenvalue weighted by Gasteiger charge is -2.22. The summed E-state index contributed by atoms with van der Waals surface area (Å²) in [6.07, 6.45) is 1.15. The van der Waals surface area contributed by atoms with Crippen molar-refractivity contribution in [1.82, 2.24) is 4.90 Å². The van der Waals surface area contributed by atoms with Crippen molar-refractivity contribution in [3.05, 3.63) is 33.9 Å². The number of halogens is 1. The van der Waals surface area contributed by atoms with Crippen LogP contribution in [0.25, 0.3) is 0 Å². The molecule has 122 valence electrons. The number of nitro groups is 1. The molecular formula is C15H22ClN3O2S. The predicted octanol–water partition coefficient (Wildman–Crippen LogP) is 4.41. The lowest BCUT2D eigenvalue weighted by Crippen LogP contribution is -2.30. The first-order chi connectivity index (χ1) is 9.88. The van der Waals surface area contributed by atoms with Crippen LogP contribution in [0.5, 0.6) is 0 Å². The number of benzene rings is 1. The summed E-state index contributed by atoms with van der Waals surface area (Å²) in [6, 6.07) is 5.33. The monoisotopic (exact) mass is 343 g/mol. The largest absolute Gasteiger partial charge is 0.350 e. The van der Waals surface area contributed by atoms with Gasteiger partial charge in [0.25, 0.3) is 5.69 Å². The molecule has 0 aromatic heterocycles. The Morgan fingerprint density at radius 1 is 1.50 bits per heavy atom. The van der Waals surface area contributed by atoms with Gasteiger partial charge < -0.3 is 4.90 Å². The summed E-state index contributed by atoms with van der Waals surface area (Å²) in [6.45, 7) is 6.32. The van der Waals surface area contributed by atoms with Crippen molar-refractivity contribution in [3.63, 3.8) is 0 Å². The number of rotatable bonds is 4. The van der Waals surface area contributed by atoms with Gasteiger partial charge in [-0.2, -0.15) is 0 Å². The van der Waals surface area contributed by atoms with E-state index >= 15 is 0 Å². The molecule has 5 nitrogen and oxygen atoms in total. The van der Waals surface area contributed by atoms with Crippen LogP contribution in [0.3, 0.4) is 0 Å². The predicted molar refractivity (Wildman–Crippen MR) is 95.6 cm³/mol. The minimum Gasteiger partial charge on any atom is -0.350 e. The number of amidine groups is 1. The highest BCUT2D eigenvalue weighted by atomic mass is 35.5. The molecule has 0 amide bonds. The van der Waals surface area contributed by atoms with E-state index in [1.54, 1.807) is 23.9 Å². The third-order valence-electron chi connectivity index (χ3n) is 3.61. The van der Waals surface area contributed by atoms with Crippen molar-refractivity contribution in [3.8, 4) is 0 Å². The average Bonchev–Trinajstić information content (AvgIpc) is 2.73. The zero-order valence-electron chi connectivity index (χ0n) is 13.3. The average molecular weight is 344 g/mol. The molecule has 0 unspecified atom stereocenters. The second-order valence-electron chi connectivity index (χ2n) is 5.83. The summed E-state index contributed by atoms with van der Waals surface area (Å²) in [7, 11) is 2.08. The van der Waals surface area contributed by atoms with E-state index < -0.39 is 0 Å². The van der Waals surface area contributed by atoms with E-state index in [0.717, 1.165) is 28.6 Å². The van der Waals surface area contributed by atoms with Crippen molar-refractivity contribution < 1.29 is 4.92 Å². The maximum Gasteiger partial charge on any atom is 0.269 e. The smallest absolute Gasteiger partial charge is 0.269 e. The lowest BCUT2D eigenvalue weighted by atomic mass is 10.0. The Morgan fingerprint density at radius 2 is 2.18 bits per heavy atom. The van der Waals surface area contributed by atoms with E-state index in [4.69, 9.17) is 0 Å². The highest BCUT2D eigenvalue weighted by Crippen LogP contribution is 2.31. The molecule has 0 radical (unpaired) electrons. The summed E-state index contributed by atoms with van der Waals surface area (Å²) < 4.78 is 0. The van der Waals surface area contributed by atoms with Crippen LogP contribution in [-0.4, -0.2) is 33.8 Å². The van der Waals surface area contributed by atoms with E-state index in [0.29, 0.717) is 12.0 Å². The maximum absolute atomic E-state index is 10.8. The molecule has 1 fully saturated rings. The van der Waals surface area contributed by atoms with Crippen molar-refractivity contribution in [1.29, 1.82) is 0 Å².